The SMILES string of the molecule is O=C(Oc1ccc(Cl)cc1)N1CCc2c([nH]c3c2=CC(Cl)CC=3)[C@@H]1c1ccc(OC(CO)CO)cc1. The fraction of sp³-hybridized carbons (Fsp3) is 0.296. The van der Waals surface area contributed by atoms with E-state index >= 15 is 0 Å². The van der Waals surface area contributed by atoms with Gasteiger partial charge in [0.05, 0.1) is 18.6 Å². The standard InChI is InChI=1S/C27H26Cl2N2O5/c28-17-3-8-20(9-4-17)36-27(34)31-12-11-22-23-13-18(29)5-10-24(23)30-25(22)26(31)16-1-6-19(7-2-16)35-21(14-32)15-33/h1-4,6-10,13,18,21,26,30,32-33H,5,11-12,14-15H2/t18?,26-/m0/s1. The first-order valence-corrected chi connectivity index (χ1v) is 12.6. The molecule has 0 saturated carbocycles. The molecule has 1 amide bonds. The molecule has 0 bridgehead atoms. The number of ether oxygens (including phenoxy) is 2. The van der Waals surface area contributed by atoms with E-state index in [2.05, 4.69) is 17.1 Å². The number of hydrogen-bond acceptors (Lipinski definition) is 5. The maximum Gasteiger partial charge on any atom is 0.416 e. The molecule has 188 valence electrons. The number of alkyl halides is 1. The molecule has 7 nitrogen and oxygen atoms in total. The number of aliphatic hydroxyl groups excluding tert-OH is 2. The number of fused-ring (bicyclic) bond motifs is 3. The molecule has 0 fully saturated rings. The highest BCUT2D eigenvalue weighted by molar-refractivity contribution is 6.30. The average molecular weight is 529 g/mol. The lowest BCUT2D eigenvalue weighted by atomic mass is 9.92. The Labute approximate surface area is 218 Å². The van der Waals surface area contributed by atoms with Gasteiger partial charge in [-0.1, -0.05) is 35.9 Å². The summed E-state index contributed by atoms with van der Waals surface area (Å²) in [5.74, 6) is 0.921. The van der Waals surface area contributed by atoms with E-state index in [0.29, 0.717) is 29.5 Å². The number of carbonyl (C=O) groups is 1. The number of rotatable bonds is 6. The fourth-order valence-corrected chi connectivity index (χ4v) is 5.05. The minimum Gasteiger partial charge on any atom is -0.486 e. The zero-order chi connectivity index (χ0) is 25.2. The minimum atomic E-state index is -0.701. The van der Waals surface area contributed by atoms with Crippen LogP contribution in [0.5, 0.6) is 11.5 Å². The van der Waals surface area contributed by atoms with Gasteiger partial charge < -0.3 is 24.7 Å². The molecule has 0 spiro atoms. The Hall–Kier alpha value is -2.97. The van der Waals surface area contributed by atoms with E-state index in [0.717, 1.165) is 33.8 Å². The second-order valence-electron chi connectivity index (χ2n) is 8.81. The highest BCUT2D eigenvalue weighted by atomic mass is 35.5. The first kappa shape index (κ1) is 24.7. The number of nitrogens with one attached hydrogen (secondary N) is 1. The van der Waals surface area contributed by atoms with Crippen molar-refractivity contribution < 1.29 is 24.5 Å². The summed E-state index contributed by atoms with van der Waals surface area (Å²) in [6.45, 7) is -0.126. The Kier molecular flexibility index (Phi) is 7.25. The lowest BCUT2D eigenvalue weighted by Gasteiger charge is -2.35. The van der Waals surface area contributed by atoms with Crippen LogP contribution in [0.15, 0.2) is 48.5 Å². The van der Waals surface area contributed by atoms with Crippen LogP contribution < -0.4 is 20.0 Å². The van der Waals surface area contributed by atoms with Crippen LogP contribution in [0.3, 0.4) is 0 Å². The number of H-pyrrole nitrogens is 1. The number of amides is 1. The molecule has 2 heterocycles. The zero-order valence-electron chi connectivity index (χ0n) is 19.4. The van der Waals surface area contributed by atoms with Crippen LogP contribution in [-0.4, -0.2) is 57.4 Å². The molecule has 5 rings (SSSR count). The van der Waals surface area contributed by atoms with Crippen LogP contribution in [0.1, 0.15) is 29.3 Å². The Bertz CT molecular complexity index is 1350. The maximum absolute atomic E-state index is 13.4. The number of benzene rings is 2. The van der Waals surface area contributed by atoms with Crippen LogP contribution in [-0.2, 0) is 6.42 Å². The second-order valence-corrected chi connectivity index (χ2v) is 9.81. The van der Waals surface area contributed by atoms with Gasteiger partial charge in [0.15, 0.2) is 0 Å². The van der Waals surface area contributed by atoms with E-state index in [1.807, 2.05) is 12.1 Å². The van der Waals surface area contributed by atoms with Crippen LogP contribution >= 0.6 is 23.2 Å². The molecule has 9 heteroatoms. The Morgan fingerprint density at radius 1 is 1.08 bits per heavy atom. The summed E-state index contributed by atoms with van der Waals surface area (Å²) in [7, 11) is 0. The second kappa shape index (κ2) is 10.6. The number of aliphatic hydroxyl groups is 2. The summed E-state index contributed by atoms with van der Waals surface area (Å²) in [5, 5.41) is 21.2. The first-order chi connectivity index (χ1) is 17.5. The van der Waals surface area contributed by atoms with E-state index < -0.39 is 18.2 Å². The smallest absolute Gasteiger partial charge is 0.416 e. The van der Waals surface area contributed by atoms with Gasteiger partial charge in [-0.15, -0.1) is 11.6 Å². The Morgan fingerprint density at radius 3 is 2.47 bits per heavy atom. The number of nitrogens with zero attached hydrogens (tertiary/aromatic N) is 1. The molecule has 3 aromatic rings. The fourth-order valence-electron chi connectivity index (χ4n) is 4.70. The quantitative estimate of drug-likeness (QED) is 0.427. The summed E-state index contributed by atoms with van der Waals surface area (Å²) < 4.78 is 11.3. The molecule has 3 N–H and O–H groups in total. The summed E-state index contributed by atoms with van der Waals surface area (Å²) in [4.78, 5) is 18.6. The number of hydrogen-bond donors (Lipinski definition) is 3. The Balaban J connectivity index is 1.52. The van der Waals surface area contributed by atoms with E-state index in [1.54, 1.807) is 41.3 Å². The van der Waals surface area contributed by atoms with Gasteiger partial charge in [0.2, 0.25) is 0 Å². The molecule has 0 radical (unpaired) electrons. The van der Waals surface area contributed by atoms with Crippen molar-refractivity contribution in [2.45, 2.75) is 30.4 Å². The number of aromatic amines is 1. The van der Waals surface area contributed by atoms with E-state index in [9.17, 15) is 15.0 Å². The highest BCUT2D eigenvalue weighted by Crippen LogP contribution is 2.34. The number of carbonyl (C=O) groups excluding carboxylic acids is 1. The van der Waals surface area contributed by atoms with Crippen LogP contribution in [0.2, 0.25) is 5.02 Å². The predicted molar refractivity (Wildman–Crippen MR) is 138 cm³/mol. The molecule has 1 aromatic heterocycles. The lowest BCUT2D eigenvalue weighted by molar-refractivity contribution is 0.0629. The van der Waals surface area contributed by atoms with Crippen LogP contribution in [0, 0.1) is 0 Å². The third-order valence-corrected chi connectivity index (χ3v) is 7.01. The molecule has 1 aliphatic carbocycles. The minimum absolute atomic E-state index is 0.0637. The molecule has 1 unspecified atom stereocenters. The average Bonchev–Trinajstić information content (AvgIpc) is 3.26. The monoisotopic (exact) mass is 528 g/mol. The summed E-state index contributed by atoms with van der Waals surface area (Å²) >= 11 is 12.4. The van der Waals surface area contributed by atoms with Crippen molar-refractivity contribution in [1.29, 1.82) is 0 Å². The van der Waals surface area contributed by atoms with Crippen molar-refractivity contribution in [2.75, 3.05) is 19.8 Å². The van der Waals surface area contributed by atoms with E-state index in [-0.39, 0.29) is 18.6 Å². The lowest BCUT2D eigenvalue weighted by Crippen LogP contribution is -2.43. The summed E-state index contributed by atoms with van der Waals surface area (Å²) in [5.41, 5.74) is 2.94. The largest absolute Gasteiger partial charge is 0.486 e. The summed E-state index contributed by atoms with van der Waals surface area (Å²) in [6, 6.07) is 13.5. The van der Waals surface area contributed by atoms with Crippen molar-refractivity contribution in [1.82, 2.24) is 9.88 Å². The van der Waals surface area contributed by atoms with Gasteiger partial charge in [0.1, 0.15) is 23.6 Å². The van der Waals surface area contributed by atoms with Crippen molar-refractivity contribution in [3.8, 4) is 11.5 Å². The molecule has 2 aromatic carbocycles. The van der Waals surface area contributed by atoms with Gasteiger partial charge in [0, 0.05) is 27.8 Å². The van der Waals surface area contributed by atoms with E-state index in [1.165, 1.54) is 0 Å². The van der Waals surface area contributed by atoms with Gasteiger partial charge in [-0.25, -0.2) is 4.79 Å². The van der Waals surface area contributed by atoms with Crippen molar-refractivity contribution in [3.05, 3.63) is 80.9 Å². The molecular weight excluding hydrogens is 503 g/mol. The summed E-state index contributed by atoms with van der Waals surface area (Å²) in [6.07, 6.45) is 4.41. The van der Waals surface area contributed by atoms with Crippen molar-refractivity contribution in [2.24, 2.45) is 0 Å². The van der Waals surface area contributed by atoms with Gasteiger partial charge in [-0.05, 0) is 60.4 Å². The van der Waals surface area contributed by atoms with E-state index in [4.69, 9.17) is 32.7 Å². The third-order valence-electron chi connectivity index (χ3n) is 6.45. The molecule has 0 saturated heterocycles. The molecule has 2 atom stereocenters. The van der Waals surface area contributed by atoms with Crippen LogP contribution in [0.25, 0.3) is 12.2 Å². The molecule has 36 heavy (non-hydrogen) atoms. The molecule has 1 aliphatic heterocycles. The Morgan fingerprint density at radius 2 is 1.78 bits per heavy atom. The van der Waals surface area contributed by atoms with Gasteiger partial charge >= 0.3 is 6.09 Å². The molecule has 2 aliphatic rings. The normalized spacial score (nSPS) is 18.6. The third kappa shape index (κ3) is 4.97. The van der Waals surface area contributed by atoms with Crippen molar-refractivity contribution in [3.63, 3.8) is 0 Å². The molecular formula is C27H26Cl2N2O5. The highest BCUT2D eigenvalue weighted by Gasteiger charge is 2.35. The maximum atomic E-state index is 13.4. The van der Waals surface area contributed by atoms with Gasteiger partial charge in [-0.2, -0.15) is 0 Å². The zero-order valence-corrected chi connectivity index (χ0v) is 20.9. The van der Waals surface area contributed by atoms with Gasteiger partial charge in [0.25, 0.3) is 0 Å². The van der Waals surface area contributed by atoms with Gasteiger partial charge in [-0.3, -0.25) is 4.90 Å². The predicted octanol–water partition coefficient (Wildman–Crippen LogP) is 3.12. The first-order valence-electron chi connectivity index (χ1n) is 11.8. The van der Waals surface area contributed by atoms with Crippen molar-refractivity contribution >= 4 is 41.4 Å². The number of aromatic nitrogens is 1. The topological polar surface area (TPSA) is 95.0 Å². The van der Waals surface area contributed by atoms with Crippen LogP contribution in [0.4, 0.5) is 4.79 Å². The number of halogens is 2.